The Morgan fingerprint density at radius 1 is 1.24 bits per heavy atom. The molecule has 0 atom stereocenters. The Hall–Kier alpha value is -4.01. The Bertz CT molecular complexity index is 1320. The second-order valence-corrected chi connectivity index (χ2v) is 6.35. The highest BCUT2D eigenvalue weighted by molar-refractivity contribution is 6.07. The topological polar surface area (TPSA) is 117 Å². The third-order valence-corrected chi connectivity index (χ3v) is 4.63. The quantitative estimate of drug-likeness (QED) is 0.168. The van der Waals surface area contributed by atoms with E-state index in [1.807, 2.05) is 30.3 Å². The highest BCUT2D eigenvalue weighted by Gasteiger charge is 2.20. The van der Waals surface area contributed by atoms with E-state index < -0.39 is 16.5 Å². The van der Waals surface area contributed by atoms with Crippen LogP contribution in [0.2, 0.25) is 0 Å². The lowest BCUT2D eigenvalue weighted by atomic mass is 10.0. The number of imidazole rings is 1. The second-order valence-electron chi connectivity index (χ2n) is 6.35. The lowest BCUT2D eigenvalue weighted by molar-refractivity contribution is -0.392. The number of carbonyl (C=O) groups is 1. The SMILES string of the molecule is Cc1ncc([N+](=O)[O-])n1CCOC(=O)c1cc2c(ccc3ccccc32)oc1=O. The first-order chi connectivity index (χ1) is 14.0. The molecule has 29 heavy (non-hydrogen) atoms. The van der Waals surface area contributed by atoms with Gasteiger partial charge >= 0.3 is 17.4 Å². The number of nitro groups is 1. The number of ether oxygens (including phenoxy) is 1. The van der Waals surface area contributed by atoms with Crippen LogP contribution in [0.15, 0.2) is 57.9 Å². The van der Waals surface area contributed by atoms with Crippen LogP contribution in [0.5, 0.6) is 0 Å². The number of hydrogen-bond acceptors (Lipinski definition) is 7. The van der Waals surface area contributed by atoms with Gasteiger partial charge in [-0.3, -0.25) is 0 Å². The van der Waals surface area contributed by atoms with E-state index >= 15 is 0 Å². The van der Waals surface area contributed by atoms with E-state index in [4.69, 9.17) is 9.15 Å². The van der Waals surface area contributed by atoms with Crippen molar-refractivity contribution < 1.29 is 18.9 Å². The molecule has 2 heterocycles. The first-order valence-electron chi connectivity index (χ1n) is 8.75. The summed E-state index contributed by atoms with van der Waals surface area (Å²) in [4.78, 5) is 39.0. The Morgan fingerprint density at radius 2 is 2.03 bits per heavy atom. The maximum absolute atomic E-state index is 12.4. The molecule has 0 bridgehead atoms. The van der Waals surface area contributed by atoms with Gasteiger partial charge in [0.15, 0.2) is 5.82 Å². The summed E-state index contributed by atoms with van der Waals surface area (Å²) in [6.07, 6.45) is 1.14. The third-order valence-electron chi connectivity index (χ3n) is 4.63. The Balaban J connectivity index is 1.60. The molecule has 2 aromatic heterocycles. The van der Waals surface area contributed by atoms with Crippen molar-refractivity contribution >= 4 is 33.5 Å². The molecule has 0 unspecified atom stereocenters. The molecule has 2 aromatic carbocycles. The Morgan fingerprint density at radius 3 is 2.83 bits per heavy atom. The zero-order valence-corrected chi connectivity index (χ0v) is 15.3. The van der Waals surface area contributed by atoms with Gasteiger partial charge in [0.1, 0.15) is 30.5 Å². The van der Waals surface area contributed by atoms with E-state index in [0.29, 0.717) is 16.8 Å². The summed E-state index contributed by atoms with van der Waals surface area (Å²) in [6.45, 7) is 1.48. The number of aryl methyl sites for hydroxylation is 1. The van der Waals surface area contributed by atoms with Crippen molar-refractivity contribution in [1.82, 2.24) is 9.55 Å². The standard InChI is InChI=1S/C20H15N3O6/c1-12-21-11-18(23(26)27)22(12)8-9-28-19(24)16-10-15-14-5-3-2-4-13(14)6-7-17(15)29-20(16)25/h2-7,10-11H,8-9H2,1H3. The van der Waals surface area contributed by atoms with Crippen molar-refractivity contribution in [3.63, 3.8) is 0 Å². The van der Waals surface area contributed by atoms with Crippen molar-refractivity contribution in [2.75, 3.05) is 6.61 Å². The first kappa shape index (κ1) is 18.4. The maximum atomic E-state index is 12.4. The molecule has 0 saturated carbocycles. The van der Waals surface area contributed by atoms with Crippen LogP contribution in [0, 0.1) is 17.0 Å². The van der Waals surface area contributed by atoms with Gasteiger partial charge in [-0.2, -0.15) is 0 Å². The van der Waals surface area contributed by atoms with E-state index in [0.717, 1.165) is 17.0 Å². The minimum atomic E-state index is -0.853. The molecular formula is C20H15N3O6. The fourth-order valence-corrected chi connectivity index (χ4v) is 3.20. The summed E-state index contributed by atoms with van der Waals surface area (Å²) >= 11 is 0. The summed E-state index contributed by atoms with van der Waals surface area (Å²) in [7, 11) is 0. The Kier molecular flexibility index (Phi) is 4.55. The highest BCUT2D eigenvalue weighted by atomic mass is 16.6. The molecule has 0 aliphatic rings. The van der Waals surface area contributed by atoms with Crippen LogP contribution in [-0.2, 0) is 11.3 Å². The minimum Gasteiger partial charge on any atom is -0.458 e. The summed E-state index contributed by atoms with van der Waals surface area (Å²) in [5.41, 5.74) is -0.664. The molecule has 0 amide bonds. The van der Waals surface area contributed by atoms with Gasteiger partial charge < -0.3 is 19.3 Å². The summed E-state index contributed by atoms with van der Waals surface area (Å²) in [5, 5.41) is 13.4. The van der Waals surface area contributed by atoms with Gasteiger partial charge in [0.05, 0.1) is 0 Å². The summed E-state index contributed by atoms with van der Waals surface area (Å²) in [6, 6.07) is 12.5. The first-order valence-corrected chi connectivity index (χ1v) is 8.75. The molecule has 0 fully saturated rings. The number of rotatable bonds is 5. The lowest BCUT2D eigenvalue weighted by Gasteiger charge is -2.07. The van der Waals surface area contributed by atoms with Crippen LogP contribution in [0.4, 0.5) is 5.82 Å². The predicted octanol–water partition coefficient (Wildman–Crippen LogP) is 3.22. The van der Waals surface area contributed by atoms with Crippen molar-refractivity contribution in [3.8, 4) is 0 Å². The molecule has 0 saturated heterocycles. The second kappa shape index (κ2) is 7.19. The zero-order chi connectivity index (χ0) is 20.5. The molecule has 0 N–H and O–H groups in total. The monoisotopic (exact) mass is 393 g/mol. The highest BCUT2D eigenvalue weighted by Crippen LogP contribution is 2.25. The van der Waals surface area contributed by atoms with Crippen LogP contribution in [0.3, 0.4) is 0 Å². The fourth-order valence-electron chi connectivity index (χ4n) is 3.20. The van der Waals surface area contributed by atoms with E-state index in [-0.39, 0.29) is 24.5 Å². The lowest BCUT2D eigenvalue weighted by Crippen LogP contribution is -2.19. The molecule has 9 nitrogen and oxygen atoms in total. The fraction of sp³-hybridized carbons (Fsp3) is 0.150. The van der Waals surface area contributed by atoms with Crippen molar-refractivity contribution in [2.45, 2.75) is 13.5 Å². The molecule has 0 aliphatic carbocycles. The smallest absolute Gasteiger partial charge is 0.351 e. The van der Waals surface area contributed by atoms with Crippen LogP contribution in [-0.4, -0.2) is 27.1 Å². The van der Waals surface area contributed by atoms with Gasteiger partial charge in [-0.05, 0) is 27.8 Å². The van der Waals surface area contributed by atoms with Gasteiger partial charge in [0, 0.05) is 12.3 Å². The van der Waals surface area contributed by atoms with Crippen molar-refractivity contribution in [3.05, 3.63) is 80.6 Å². The largest absolute Gasteiger partial charge is 0.458 e. The minimum absolute atomic E-state index is 0.0374. The molecule has 0 aliphatic heterocycles. The van der Waals surface area contributed by atoms with E-state index in [1.165, 1.54) is 10.6 Å². The number of hydrogen-bond donors (Lipinski definition) is 0. The van der Waals surface area contributed by atoms with Crippen LogP contribution >= 0.6 is 0 Å². The maximum Gasteiger partial charge on any atom is 0.351 e. The number of fused-ring (bicyclic) bond motifs is 3. The number of aromatic nitrogens is 2. The van der Waals surface area contributed by atoms with Crippen molar-refractivity contribution in [2.24, 2.45) is 0 Å². The van der Waals surface area contributed by atoms with Gasteiger partial charge in [-0.15, -0.1) is 0 Å². The molecule has 4 rings (SSSR count). The zero-order valence-electron chi connectivity index (χ0n) is 15.3. The predicted molar refractivity (Wildman–Crippen MR) is 104 cm³/mol. The average molecular weight is 393 g/mol. The summed E-state index contributed by atoms with van der Waals surface area (Å²) in [5.74, 6) is -0.631. The molecule has 9 heteroatoms. The number of esters is 1. The number of benzene rings is 2. The summed E-state index contributed by atoms with van der Waals surface area (Å²) < 4.78 is 11.8. The van der Waals surface area contributed by atoms with E-state index in [2.05, 4.69) is 4.98 Å². The van der Waals surface area contributed by atoms with Gasteiger partial charge in [-0.25, -0.2) is 19.1 Å². The average Bonchev–Trinajstić information content (AvgIpc) is 3.08. The van der Waals surface area contributed by atoms with Gasteiger partial charge in [0.2, 0.25) is 0 Å². The van der Waals surface area contributed by atoms with Crippen LogP contribution in [0.25, 0.3) is 21.7 Å². The van der Waals surface area contributed by atoms with Crippen LogP contribution < -0.4 is 5.63 Å². The van der Waals surface area contributed by atoms with Gasteiger partial charge in [0.25, 0.3) is 0 Å². The number of carbonyl (C=O) groups excluding carboxylic acids is 1. The molecule has 4 aromatic rings. The molecule has 0 radical (unpaired) electrons. The van der Waals surface area contributed by atoms with Gasteiger partial charge in [-0.1, -0.05) is 30.3 Å². The Labute approximate surface area is 163 Å². The normalized spacial score (nSPS) is 11.1. The number of nitrogens with zero attached hydrogens (tertiary/aromatic N) is 3. The molecule has 146 valence electrons. The van der Waals surface area contributed by atoms with E-state index in [9.17, 15) is 19.7 Å². The van der Waals surface area contributed by atoms with E-state index in [1.54, 1.807) is 13.0 Å². The molecule has 0 spiro atoms. The molecular weight excluding hydrogens is 378 g/mol. The third kappa shape index (κ3) is 3.33. The van der Waals surface area contributed by atoms with Crippen molar-refractivity contribution in [1.29, 1.82) is 0 Å². The van der Waals surface area contributed by atoms with Crippen LogP contribution in [0.1, 0.15) is 16.2 Å².